The minimum Gasteiger partial charge on any atom is -0.370 e. The van der Waals surface area contributed by atoms with Crippen LogP contribution >= 0.6 is 43.2 Å². The van der Waals surface area contributed by atoms with Gasteiger partial charge in [0.15, 0.2) is 5.96 Å². The number of allylic oxidation sites excluding steroid dienone is 4. The monoisotopic (exact) mass is 1070 g/mol. The molecule has 0 radical (unpaired) electrons. The van der Waals surface area contributed by atoms with Crippen LogP contribution in [0.3, 0.4) is 0 Å². The molecule has 6 amide bonds. The van der Waals surface area contributed by atoms with E-state index in [1.54, 1.807) is 12.4 Å². The molecule has 0 saturated heterocycles. The van der Waals surface area contributed by atoms with Gasteiger partial charge < -0.3 is 32.7 Å². The Morgan fingerprint density at radius 3 is 1.17 bits per heavy atom. The summed E-state index contributed by atoms with van der Waals surface area (Å²) in [5.41, 5.74) is 16.1. The van der Waals surface area contributed by atoms with Crippen LogP contribution in [-0.4, -0.2) is 109 Å². The normalized spacial score (nSPS) is 11.9. The molecule has 71 heavy (non-hydrogen) atoms. The third kappa shape index (κ3) is 51.0. The standard InChI is InChI=1S/C50H91N11O6S4/c1-3-5-7-9-11-13-15-17-19-21-23-25-27-29-33-57-60-47(65)41-70-68-39-45(63)54-36-35-53-44(62)32-31-43(59-50(51)52)49(67)56-38-37-55-46(64)40-69-71-42-48(66)61-58-34-30-28-26-24-22-20-18-16-14-12-10-8-6-4-2/h9-12,33-34,43H,3-8,13-32,35-42H2,1-2H3,(H,53,62)(H,54,63)(H,55,64)(H,56,67)(H,60,65)(H,61,66)(H4,51,52,59)/b11-9-,12-10-,57-33-,58-34-/t43-/m0/s1. The zero-order chi connectivity index (χ0) is 52.1. The molecular weight excluding hydrogens is 979 g/mol. The van der Waals surface area contributed by atoms with E-state index in [4.69, 9.17) is 11.5 Å². The molecule has 21 heteroatoms. The molecule has 0 saturated carbocycles. The van der Waals surface area contributed by atoms with E-state index in [1.807, 2.05) is 0 Å². The second-order valence-electron chi connectivity index (χ2n) is 17.0. The fraction of sp³-hybridized carbons (Fsp3) is 0.740. The molecule has 0 fully saturated rings. The van der Waals surface area contributed by atoms with Crippen molar-refractivity contribution in [2.45, 2.75) is 187 Å². The molecule has 1 atom stereocenters. The number of amides is 6. The van der Waals surface area contributed by atoms with E-state index in [0.717, 1.165) is 38.5 Å². The third-order valence-corrected chi connectivity index (χ3v) is 14.7. The van der Waals surface area contributed by atoms with Crippen molar-refractivity contribution in [1.29, 1.82) is 0 Å². The number of nitrogens with two attached hydrogens (primary N) is 2. The van der Waals surface area contributed by atoms with E-state index in [2.05, 4.69) is 85.5 Å². The number of nitrogens with one attached hydrogen (secondary N) is 6. The van der Waals surface area contributed by atoms with Crippen molar-refractivity contribution < 1.29 is 28.8 Å². The van der Waals surface area contributed by atoms with Crippen molar-refractivity contribution in [1.82, 2.24) is 32.1 Å². The first-order chi connectivity index (χ1) is 34.6. The highest BCUT2D eigenvalue weighted by molar-refractivity contribution is 8.77. The van der Waals surface area contributed by atoms with Crippen LogP contribution in [0.1, 0.15) is 181 Å². The summed E-state index contributed by atoms with van der Waals surface area (Å²) in [5, 5.41) is 18.8. The molecule has 0 aromatic heterocycles. The lowest BCUT2D eigenvalue weighted by molar-refractivity contribution is -0.124. The first-order valence-corrected chi connectivity index (χ1v) is 31.1. The Labute approximate surface area is 442 Å². The SMILES string of the molecule is CCCC/C=C\CCCCCCCCC/C=N\NC(=O)CSSCC(=O)NCCNC(=O)CC[C@H](N=C(N)N)C(=O)NCCNC(=O)CSSCC(=O)N/N=C\CCCCCCCCC/C=C\CCCC. The lowest BCUT2D eigenvalue weighted by atomic mass is 10.1. The van der Waals surface area contributed by atoms with Gasteiger partial charge >= 0.3 is 0 Å². The minimum absolute atomic E-state index is 0.0316. The zero-order valence-corrected chi connectivity index (χ0v) is 46.4. The van der Waals surface area contributed by atoms with Gasteiger partial charge in [-0.25, -0.2) is 15.8 Å². The Kier molecular flexibility index (Phi) is 49.9. The molecule has 0 aliphatic heterocycles. The quantitative estimate of drug-likeness (QED) is 0.00714. The molecule has 0 aliphatic carbocycles. The predicted molar refractivity (Wildman–Crippen MR) is 304 cm³/mol. The largest absolute Gasteiger partial charge is 0.370 e. The van der Waals surface area contributed by atoms with Gasteiger partial charge in [0.25, 0.3) is 11.8 Å². The van der Waals surface area contributed by atoms with Crippen molar-refractivity contribution in [2.24, 2.45) is 26.7 Å². The number of carbonyl (C=O) groups is 6. The van der Waals surface area contributed by atoms with Crippen LogP contribution in [0.15, 0.2) is 39.5 Å². The molecule has 0 aromatic rings. The van der Waals surface area contributed by atoms with Crippen LogP contribution in [0, 0.1) is 0 Å². The minimum atomic E-state index is -1.02. The van der Waals surface area contributed by atoms with Gasteiger partial charge in [-0.15, -0.1) is 0 Å². The van der Waals surface area contributed by atoms with Crippen LogP contribution in [0.25, 0.3) is 0 Å². The summed E-state index contributed by atoms with van der Waals surface area (Å²) in [6.07, 6.45) is 41.3. The molecule has 0 spiro atoms. The van der Waals surface area contributed by atoms with Crippen molar-refractivity contribution >= 4 is 97.0 Å². The third-order valence-electron chi connectivity index (χ3n) is 10.4. The van der Waals surface area contributed by atoms with Crippen LogP contribution in [-0.2, 0) is 28.8 Å². The highest BCUT2D eigenvalue weighted by Gasteiger charge is 2.19. The number of aliphatic imine (C=N–C) groups is 1. The summed E-state index contributed by atoms with van der Waals surface area (Å²) in [5.74, 6) is -1.57. The van der Waals surface area contributed by atoms with Gasteiger partial charge in [0.2, 0.25) is 23.6 Å². The smallest absolute Gasteiger partial charge is 0.250 e. The summed E-state index contributed by atoms with van der Waals surface area (Å²) < 4.78 is 0. The Hall–Kier alpha value is -3.69. The first kappa shape index (κ1) is 67.3. The topological polar surface area (TPSA) is 264 Å². The lowest BCUT2D eigenvalue weighted by Gasteiger charge is -2.14. The van der Waals surface area contributed by atoms with Crippen molar-refractivity contribution in [2.75, 3.05) is 49.2 Å². The van der Waals surface area contributed by atoms with E-state index in [9.17, 15) is 28.8 Å². The number of unbranched alkanes of at least 4 members (excludes halogenated alkanes) is 20. The number of hydrazone groups is 2. The van der Waals surface area contributed by atoms with E-state index >= 15 is 0 Å². The van der Waals surface area contributed by atoms with Gasteiger partial charge in [-0.05, 0) is 70.6 Å². The Morgan fingerprint density at radius 2 is 0.775 bits per heavy atom. The highest BCUT2D eigenvalue weighted by Crippen LogP contribution is 2.21. The van der Waals surface area contributed by atoms with E-state index < -0.39 is 11.9 Å². The van der Waals surface area contributed by atoms with Crippen LogP contribution in [0.4, 0.5) is 0 Å². The van der Waals surface area contributed by atoms with Crippen molar-refractivity contribution in [3.05, 3.63) is 24.3 Å². The summed E-state index contributed by atoms with van der Waals surface area (Å²) in [7, 11) is 4.99. The molecule has 0 aliphatic rings. The lowest BCUT2D eigenvalue weighted by Crippen LogP contribution is -2.41. The molecule has 0 heterocycles. The fourth-order valence-electron chi connectivity index (χ4n) is 6.49. The van der Waals surface area contributed by atoms with Gasteiger partial charge in [0.05, 0.1) is 23.0 Å². The number of rotatable bonds is 49. The van der Waals surface area contributed by atoms with Gasteiger partial charge in [-0.3, -0.25) is 28.8 Å². The van der Waals surface area contributed by atoms with Crippen molar-refractivity contribution in [3.63, 3.8) is 0 Å². The summed E-state index contributed by atoms with van der Waals surface area (Å²) in [4.78, 5) is 77.7. The number of guanidine groups is 1. The highest BCUT2D eigenvalue weighted by atomic mass is 33.1. The summed E-state index contributed by atoms with van der Waals surface area (Å²) in [6.45, 7) is 5.08. The molecule has 10 N–H and O–H groups in total. The number of hydrogen-bond acceptors (Lipinski definition) is 13. The van der Waals surface area contributed by atoms with Crippen LogP contribution < -0.4 is 43.6 Å². The Balaban J connectivity index is 3.92. The van der Waals surface area contributed by atoms with Crippen LogP contribution in [0.5, 0.6) is 0 Å². The molecular formula is C50H91N11O6S4. The Morgan fingerprint density at radius 1 is 0.437 bits per heavy atom. The number of carbonyl (C=O) groups excluding carboxylic acids is 6. The van der Waals surface area contributed by atoms with Crippen LogP contribution in [0.2, 0.25) is 0 Å². The molecule has 0 unspecified atom stereocenters. The first-order valence-electron chi connectivity index (χ1n) is 26.1. The predicted octanol–water partition coefficient (Wildman–Crippen LogP) is 8.35. The van der Waals surface area contributed by atoms with Gasteiger partial charge in [-0.2, -0.15) is 10.2 Å². The Bertz CT molecular complexity index is 1550. The summed E-state index contributed by atoms with van der Waals surface area (Å²) >= 11 is 0. The van der Waals surface area contributed by atoms with Crippen molar-refractivity contribution in [3.8, 4) is 0 Å². The maximum atomic E-state index is 12.8. The van der Waals surface area contributed by atoms with E-state index in [1.165, 1.54) is 159 Å². The number of hydrogen-bond donors (Lipinski definition) is 8. The van der Waals surface area contributed by atoms with Gasteiger partial charge in [0.1, 0.15) is 6.04 Å². The maximum absolute atomic E-state index is 12.8. The maximum Gasteiger partial charge on any atom is 0.250 e. The molecule has 0 bridgehead atoms. The van der Waals surface area contributed by atoms with E-state index in [0.29, 0.717) is 0 Å². The molecule has 17 nitrogen and oxygen atoms in total. The second kappa shape index (κ2) is 52.6. The molecule has 406 valence electrons. The second-order valence-corrected chi connectivity index (χ2v) is 21.9. The molecule has 0 rings (SSSR count). The molecule has 0 aromatic carbocycles. The average molecular weight is 1070 g/mol. The number of nitrogens with zero attached hydrogens (tertiary/aromatic N) is 3. The van der Waals surface area contributed by atoms with E-state index in [-0.39, 0.29) is 97.5 Å². The van der Waals surface area contributed by atoms with Gasteiger partial charge in [0, 0.05) is 45.0 Å². The fourth-order valence-corrected chi connectivity index (χ4v) is 9.87. The van der Waals surface area contributed by atoms with Gasteiger partial charge in [-0.1, -0.05) is 171 Å². The zero-order valence-electron chi connectivity index (χ0n) is 43.2. The summed E-state index contributed by atoms with van der Waals surface area (Å²) in [6, 6.07) is -1.02. The average Bonchev–Trinajstić information content (AvgIpc) is 3.35.